The normalized spacial score (nSPS) is 19.3. The van der Waals surface area contributed by atoms with Crippen LogP contribution in [0.15, 0.2) is 42.5 Å². The number of carbonyl (C=O) groups excluding carboxylic acids is 3. The molecule has 1 aliphatic carbocycles. The lowest BCUT2D eigenvalue weighted by atomic mass is 9.97. The van der Waals surface area contributed by atoms with Crippen molar-refractivity contribution in [3.63, 3.8) is 0 Å². The maximum Gasteiger partial charge on any atom is 0.325 e. The van der Waals surface area contributed by atoms with Gasteiger partial charge in [-0.15, -0.1) is 0 Å². The van der Waals surface area contributed by atoms with Crippen molar-refractivity contribution in [2.45, 2.75) is 51.1 Å². The first-order chi connectivity index (χ1) is 13.5. The van der Waals surface area contributed by atoms with Crippen LogP contribution in [0.1, 0.15) is 39.5 Å². The molecule has 0 aromatic heterocycles. The van der Waals surface area contributed by atoms with Crippen LogP contribution in [0.5, 0.6) is 0 Å². The van der Waals surface area contributed by atoms with E-state index in [4.69, 9.17) is 0 Å². The predicted molar refractivity (Wildman–Crippen MR) is 108 cm³/mol. The Balaban J connectivity index is 1.65. The Morgan fingerprint density at radius 3 is 2.54 bits per heavy atom. The smallest absolute Gasteiger partial charge is 0.323 e. The van der Waals surface area contributed by atoms with Gasteiger partial charge in [-0.1, -0.05) is 49.2 Å². The van der Waals surface area contributed by atoms with Crippen molar-refractivity contribution in [1.29, 1.82) is 0 Å². The average Bonchev–Trinajstić information content (AvgIpc) is 3.27. The molecule has 4 rings (SSSR count). The third kappa shape index (κ3) is 2.75. The molecule has 1 saturated heterocycles. The molecule has 2 aliphatic rings. The monoisotopic (exact) mass is 379 g/mol. The zero-order chi connectivity index (χ0) is 19.9. The van der Waals surface area contributed by atoms with Crippen LogP contribution < -0.4 is 10.2 Å². The molecule has 1 aliphatic heterocycles. The number of anilines is 1. The van der Waals surface area contributed by atoms with Crippen molar-refractivity contribution < 1.29 is 14.4 Å². The number of likely N-dealkylation sites (N-methyl/N-ethyl adjacent to an activating group) is 1. The number of imide groups is 1. The summed E-state index contributed by atoms with van der Waals surface area (Å²) in [5.41, 5.74) is -0.0117. The van der Waals surface area contributed by atoms with Gasteiger partial charge in [-0.2, -0.15) is 0 Å². The van der Waals surface area contributed by atoms with Crippen molar-refractivity contribution >= 4 is 34.3 Å². The Bertz CT molecular complexity index is 944. The Kier molecular flexibility index (Phi) is 4.57. The second-order valence-corrected chi connectivity index (χ2v) is 7.65. The summed E-state index contributed by atoms with van der Waals surface area (Å²) in [6.45, 7) is 3.99. The molecule has 1 saturated carbocycles. The summed E-state index contributed by atoms with van der Waals surface area (Å²) in [4.78, 5) is 41.7. The fraction of sp³-hybridized carbons (Fsp3) is 0.409. The van der Waals surface area contributed by atoms with Gasteiger partial charge in [-0.05, 0) is 38.1 Å². The van der Waals surface area contributed by atoms with Gasteiger partial charge in [0.05, 0.1) is 5.69 Å². The number of hydrogen-bond donors (Lipinski definition) is 1. The van der Waals surface area contributed by atoms with Crippen LogP contribution in [0.2, 0.25) is 0 Å². The number of urea groups is 1. The summed E-state index contributed by atoms with van der Waals surface area (Å²) in [6.07, 6.45) is 3.13. The van der Waals surface area contributed by atoms with Gasteiger partial charge in [0, 0.05) is 11.9 Å². The standard InChI is InChI=1S/C22H25N3O3/c1-3-24(18-12-8-10-16-9-4-5-11-17(16)18)19(26)15(2)25-20(27)22(23-21(25)28)13-6-7-14-22/h4-5,8-12,15H,3,6-7,13-14H2,1-2H3,(H,23,28). The Morgan fingerprint density at radius 1 is 1.14 bits per heavy atom. The zero-order valence-corrected chi connectivity index (χ0v) is 16.3. The van der Waals surface area contributed by atoms with E-state index in [1.807, 2.05) is 49.4 Å². The lowest BCUT2D eigenvalue weighted by molar-refractivity contribution is -0.136. The Labute approximate surface area is 164 Å². The molecule has 6 heteroatoms. The van der Waals surface area contributed by atoms with Crippen molar-refractivity contribution in [2.75, 3.05) is 11.4 Å². The van der Waals surface area contributed by atoms with Crippen molar-refractivity contribution in [3.8, 4) is 0 Å². The quantitative estimate of drug-likeness (QED) is 0.828. The molecule has 2 fully saturated rings. The summed E-state index contributed by atoms with van der Waals surface area (Å²) >= 11 is 0. The Morgan fingerprint density at radius 2 is 1.82 bits per heavy atom. The number of carbonyl (C=O) groups is 3. The van der Waals surface area contributed by atoms with Crippen LogP contribution in [-0.4, -0.2) is 40.9 Å². The van der Waals surface area contributed by atoms with Crippen LogP contribution in [0.3, 0.4) is 0 Å². The van der Waals surface area contributed by atoms with Crippen molar-refractivity contribution in [1.82, 2.24) is 10.2 Å². The van der Waals surface area contributed by atoms with E-state index in [-0.39, 0.29) is 11.8 Å². The number of hydrogen-bond acceptors (Lipinski definition) is 3. The highest BCUT2D eigenvalue weighted by Gasteiger charge is 2.54. The van der Waals surface area contributed by atoms with Gasteiger partial charge in [0.15, 0.2) is 0 Å². The Hall–Kier alpha value is -2.89. The third-order valence-corrected chi connectivity index (χ3v) is 6.03. The second-order valence-electron chi connectivity index (χ2n) is 7.65. The minimum Gasteiger partial charge on any atom is -0.323 e. The number of nitrogens with one attached hydrogen (secondary N) is 1. The molecule has 1 heterocycles. The van der Waals surface area contributed by atoms with E-state index in [0.717, 1.165) is 34.2 Å². The maximum absolute atomic E-state index is 13.4. The molecule has 2 aromatic rings. The van der Waals surface area contributed by atoms with Gasteiger partial charge in [0.1, 0.15) is 11.6 Å². The lowest BCUT2D eigenvalue weighted by Gasteiger charge is -2.29. The van der Waals surface area contributed by atoms with E-state index in [0.29, 0.717) is 19.4 Å². The van der Waals surface area contributed by atoms with Crippen LogP contribution in [0.25, 0.3) is 10.8 Å². The first-order valence-electron chi connectivity index (χ1n) is 9.93. The minimum atomic E-state index is -0.855. The largest absolute Gasteiger partial charge is 0.325 e. The molecule has 0 bridgehead atoms. The second kappa shape index (κ2) is 6.93. The van der Waals surface area contributed by atoms with Gasteiger partial charge >= 0.3 is 6.03 Å². The number of rotatable bonds is 4. The van der Waals surface area contributed by atoms with Crippen LogP contribution in [-0.2, 0) is 9.59 Å². The maximum atomic E-state index is 13.4. The van der Waals surface area contributed by atoms with Crippen LogP contribution in [0, 0.1) is 0 Å². The molecule has 28 heavy (non-hydrogen) atoms. The van der Waals surface area contributed by atoms with E-state index in [2.05, 4.69) is 5.32 Å². The molecular weight excluding hydrogens is 354 g/mol. The fourth-order valence-electron chi connectivity index (χ4n) is 4.53. The number of fused-ring (bicyclic) bond motifs is 1. The van der Waals surface area contributed by atoms with Gasteiger partial charge in [0.2, 0.25) is 5.91 Å². The SMILES string of the molecule is CCN(C(=O)C(C)N1C(=O)NC2(CCCC2)C1=O)c1cccc2ccccc12. The minimum absolute atomic E-state index is 0.252. The molecule has 146 valence electrons. The number of amides is 4. The summed E-state index contributed by atoms with van der Waals surface area (Å²) < 4.78 is 0. The first kappa shape index (κ1) is 18.5. The topological polar surface area (TPSA) is 69.7 Å². The highest BCUT2D eigenvalue weighted by molar-refractivity contribution is 6.13. The van der Waals surface area contributed by atoms with Crippen LogP contribution >= 0.6 is 0 Å². The number of benzene rings is 2. The molecule has 2 aromatic carbocycles. The van der Waals surface area contributed by atoms with Gasteiger partial charge in [0.25, 0.3) is 5.91 Å². The average molecular weight is 379 g/mol. The lowest BCUT2D eigenvalue weighted by Crippen LogP contribution is -2.51. The highest BCUT2D eigenvalue weighted by Crippen LogP contribution is 2.36. The van der Waals surface area contributed by atoms with Gasteiger partial charge in [-0.3, -0.25) is 9.59 Å². The molecular formula is C22H25N3O3. The van der Waals surface area contributed by atoms with E-state index in [1.165, 1.54) is 0 Å². The molecule has 1 N–H and O–H groups in total. The van der Waals surface area contributed by atoms with E-state index < -0.39 is 17.6 Å². The number of nitrogens with zero attached hydrogens (tertiary/aromatic N) is 2. The fourth-order valence-corrected chi connectivity index (χ4v) is 4.53. The summed E-state index contributed by atoms with van der Waals surface area (Å²) in [5, 5.41) is 4.87. The molecule has 1 unspecified atom stereocenters. The van der Waals surface area contributed by atoms with E-state index >= 15 is 0 Å². The molecule has 6 nitrogen and oxygen atoms in total. The van der Waals surface area contributed by atoms with Crippen LogP contribution in [0.4, 0.5) is 10.5 Å². The summed E-state index contributed by atoms with van der Waals surface area (Å²) in [7, 11) is 0. The zero-order valence-electron chi connectivity index (χ0n) is 16.3. The summed E-state index contributed by atoms with van der Waals surface area (Å²) in [6, 6.07) is 12.4. The van der Waals surface area contributed by atoms with Crippen molar-refractivity contribution in [3.05, 3.63) is 42.5 Å². The summed E-state index contributed by atoms with van der Waals surface area (Å²) in [5.74, 6) is -0.512. The highest BCUT2D eigenvalue weighted by atomic mass is 16.2. The molecule has 1 atom stereocenters. The predicted octanol–water partition coefficient (Wildman–Crippen LogP) is 3.45. The van der Waals surface area contributed by atoms with Crippen molar-refractivity contribution in [2.24, 2.45) is 0 Å². The third-order valence-electron chi connectivity index (χ3n) is 6.03. The van der Waals surface area contributed by atoms with Gasteiger partial charge in [-0.25, -0.2) is 9.69 Å². The van der Waals surface area contributed by atoms with Gasteiger partial charge < -0.3 is 10.2 Å². The van der Waals surface area contributed by atoms with E-state index in [1.54, 1.807) is 11.8 Å². The molecule has 0 radical (unpaired) electrons. The first-order valence-corrected chi connectivity index (χ1v) is 9.93. The molecule has 1 spiro atoms. The van der Waals surface area contributed by atoms with E-state index in [9.17, 15) is 14.4 Å². The molecule has 4 amide bonds.